The highest BCUT2D eigenvalue weighted by atomic mass is 32.2. The molecule has 2 aromatic rings. The molecule has 9 heteroatoms. The SMILES string of the molecule is CCS(=O)(=O)c1nnc(-c2cc(OC)c(OC)c(OC)c2)o1. The molecule has 0 amide bonds. The zero-order valence-corrected chi connectivity index (χ0v) is 13.4. The second kappa shape index (κ2) is 6.22. The lowest BCUT2D eigenvalue weighted by atomic mass is 10.2. The third kappa shape index (κ3) is 2.84. The average molecular weight is 328 g/mol. The molecule has 22 heavy (non-hydrogen) atoms. The molecule has 0 saturated heterocycles. The molecule has 8 nitrogen and oxygen atoms in total. The topological polar surface area (TPSA) is 101 Å². The van der Waals surface area contributed by atoms with Crippen molar-refractivity contribution in [2.75, 3.05) is 27.1 Å². The molecule has 0 aliphatic heterocycles. The van der Waals surface area contributed by atoms with E-state index in [-0.39, 0.29) is 11.6 Å². The van der Waals surface area contributed by atoms with Crippen molar-refractivity contribution in [2.45, 2.75) is 12.1 Å². The van der Waals surface area contributed by atoms with E-state index in [1.165, 1.54) is 28.3 Å². The van der Waals surface area contributed by atoms with Gasteiger partial charge in [0.15, 0.2) is 11.5 Å². The van der Waals surface area contributed by atoms with Crippen LogP contribution >= 0.6 is 0 Å². The molecule has 0 radical (unpaired) electrons. The molecule has 0 bridgehead atoms. The summed E-state index contributed by atoms with van der Waals surface area (Å²) in [4.78, 5) is 0. The van der Waals surface area contributed by atoms with E-state index in [0.717, 1.165) is 0 Å². The Hall–Kier alpha value is -2.29. The van der Waals surface area contributed by atoms with Crippen LogP contribution in [0.25, 0.3) is 11.5 Å². The van der Waals surface area contributed by atoms with Gasteiger partial charge in [0.05, 0.1) is 27.1 Å². The van der Waals surface area contributed by atoms with Gasteiger partial charge in [0, 0.05) is 5.56 Å². The average Bonchev–Trinajstić information content (AvgIpc) is 3.04. The van der Waals surface area contributed by atoms with Crippen LogP contribution in [0.1, 0.15) is 6.92 Å². The van der Waals surface area contributed by atoms with Gasteiger partial charge in [-0.2, -0.15) is 0 Å². The Morgan fingerprint density at radius 2 is 1.64 bits per heavy atom. The molecule has 0 fully saturated rings. The molecular formula is C13H16N2O6S. The molecular weight excluding hydrogens is 312 g/mol. The highest BCUT2D eigenvalue weighted by molar-refractivity contribution is 7.91. The Balaban J connectivity index is 2.54. The van der Waals surface area contributed by atoms with E-state index in [2.05, 4.69) is 10.2 Å². The highest BCUT2D eigenvalue weighted by Crippen LogP contribution is 2.40. The second-order valence-corrected chi connectivity index (χ2v) is 6.35. The maximum absolute atomic E-state index is 11.7. The van der Waals surface area contributed by atoms with Crippen molar-refractivity contribution in [2.24, 2.45) is 0 Å². The van der Waals surface area contributed by atoms with Gasteiger partial charge in [-0.05, 0) is 12.1 Å². The van der Waals surface area contributed by atoms with Crippen LogP contribution in [-0.2, 0) is 9.84 Å². The van der Waals surface area contributed by atoms with Gasteiger partial charge in [0.25, 0.3) is 0 Å². The van der Waals surface area contributed by atoms with E-state index in [4.69, 9.17) is 18.6 Å². The molecule has 0 N–H and O–H groups in total. The Labute approximate surface area is 127 Å². The Kier molecular flexibility index (Phi) is 4.55. The lowest BCUT2D eigenvalue weighted by Gasteiger charge is -2.12. The van der Waals surface area contributed by atoms with Crippen LogP contribution in [0.5, 0.6) is 17.2 Å². The minimum atomic E-state index is -3.56. The fraction of sp³-hybridized carbons (Fsp3) is 0.385. The van der Waals surface area contributed by atoms with Gasteiger partial charge in [-0.25, -0.2) is 8.42 Å². The summed E-state index contributed by atoms with van der Waals surface area (Å²) in [5, 5.41) is 6.91. The van der Waals surface area contributed by atoms with Crippen LogP contribution in [-0.4, -0.2) is 45.7 Å². The number of hydrogen-bond acceptors (Lipinski definition) is 8. The third-order valence-corrected chi connectivity index (χ3v) is 4.42. The van der Waals surface area contributed by atoms with Gasteiger partial charge in [-0.3, -0.25) is 0 Å². The molecule has 0 aliphatic carbocycles. The van der Waals surface area contributed by atoms with Crippen LogP contribution in [0.2, 0.25) is 0 Å². The molecule has 1 aromatic carbocycles. The monoisotopic (exact) mass is 328 g/mol. The minimum Gasteiger partial charge on any atom is -0.493 e. The van der Waals surface area contributed by atoms with Gasteiger partial charge in [-0.15, -0.1) is 5.10 Å². The summed E-state index contributed by atoms with van der Waals surface area (Å²) in [6.45, 7) is 1.50. The minimum absolute atomic E-state index is 0.0475. The number of methoxy groups -OCH3 is 3. The molecule has 0 saturated carbocycles. The van der Waals surface area contributed by atoms with E-state index >= 15 is 0 Å². The van der Waals surface area contributed by atoms with Crippen molar-refractivity contribution in [3.63, 3.8) is 0 Å². The zero-order chi connectivity index (χ0) is 16.3. The summed E-state index contributed by atoms with van der Waals surface area (Å²) in [6.07, 6.45) is 0. The Morgan fingerprint density at radius 1 is 1.05 bits per heavy atom. The van der Waals surface area contributed by atoms with E-state index < -0.39 is 15.1 Å². The molecule has 0 aliphatic rings. The lowest BCUT2D eigenvalue weighted by molar-refractivity contribution is 0.324. The van der Waals surface area contributed by atoms with Crippen LogP contribution in [0.3, 0.4) is 0 Å². The summed E-state index contributed by atoms with van der Waals surface area (Å²) in [5.74, 6) is 1.13. The molecule has 0 unspecified atom stereocenters. The zero-order valence-electron chi connectivity index (χ0n) is 12.6. The van der Waals surface area contributed by atoms with E-state index in [9.17, 15) is 8.42 Å². The van der Waals surface area contributed by atoms with Crippen LogP contribution in [0.4, 0.5) is 0 Å². The summed E-state index contributed by atoms with van der Waals surface area (Å²) in [5.41, 5.74) is 0.458. The normalized spacial score (nSPS) is 11.3. The number of hydrogen-bond donors (Lipinski definition) is 0. The lowest BCUT2D eigenvalue weighted by Crippen LogP contribution is -2.03. The van der Waals surface area contributed by atoms with E-state index in [0.29, 0.717) is 22.8 Å². The Bertz CT molecular complexity index is 744. The van der Waals surface area contributed by atoms with E-state index in [1.54, 1.807) is 12.1 Å². The molecule has 0 spiro atoms. The predicted molar refractivity (Wildman–Crippen MR) is 77.1 cm³/mol. The number of benzene rings is 1. The molecule has 2 rings (SSSR count). The number of rotatable bonds is 6. The first kappa shape index (κ1) is 16.1. The number of ether oxygens (including phenoxy) is 3. The standard InChI is InChI=1S/C13H16N2O6S/c1-5-22(16,17)13-15-14-12(21-13)8-6-9(18-2)11(20-4)10(7-8)19-3/h6-7H,5H2,1-4H3. The van der Waals surface area contributed by atoms with Gasteiger partial charge < -0.3 is 18.6 Å². The number of aromatic nitrogens is 2. The second-order valence-electron chi connectivity index (χ2n) is 4.19. The van der Waals surface area contributed by atoms with Crippen LogP contribution in [0.15, 0.2) is 21.8 Å². The summed E-state index contributed by atoms with van der Waals surface area (Å²) < 4.78 is 44.3. The summed E-state index contributed by atoms with van der Waals surface area (Å²) >= 11 is 0. The van der Waals surface area contributed by atoms with Gasteiger partial charge in [0.1, 0.15) is 0 Å². The first-order valence-corrected chi connectivity index (χ1v) is 7.98. The van der Waals surface area contributed by atoms with E-state index in [1.807, 2.05) is 0 Å². The highest BCUT2D eigenvalue weighted by Gasteiger charge is 2.22. The van der Waals surface area contributed by atoms with Crippen molar-refractivity contribution in [1.82, 2.24) is 10.2 Å². The van der Waals surface area contributed by atoms with Gasteiger partial charge >= 0.3 is 5.22 Å². The third-order valence-electron chi connectivity index (χ3n) is 2.96. The quantitative estimate of drug-likeness (QED) is 0.787. The van der Waals surface area contributed by atoms with Crippen molar-refractivity contribution >= 4 is 9.84 Å². The smallest absolute Gasteiger partial charge is 0.335 e. The van der Waals surface area contributed by atoms with Crippen LogP contribution < -0.4 is 14.2 Å². The first-order valence-electron chi connectivity index (χ1n) is 6.33. The summed E-state index contributed by atoms with van der Waals surface area (Å²) in [7, 11) is 0.876. The predicted octanol–water partition coefficient (Wildman–Crippen LogP) is 1.56. The largest absolute Gasteiger partial charge is 0.493 e. The number of nitrogens with zero attached hydrogens (tertiary/aromatic N) is 2. The van der Waals surface area contributed by atoms with Crippen LogP contribution in [0, 0.1) is 0 Å². The fourth-order valence-corrected chi connectivity index (χ4v) is 2.40. The van der Waals surface area contributed by atoms with Crippen molar-refractivity contribution in [3.05, 3.63) is 12.1 Å². The molecule has 1 aromatic heterocycles. The van der Waals surface area contributed by atoms with Gasteiger partial charge in [0.2, 0.25) is 21.5 Å². The van der Waals surface area contributed by atoms with Crippen molar-refractivity contribution < 1.29 is 27.0 Å². The maximum Gasteiger partial charge on any atom is 0.335 e. The first-order chi connectivity index (χ1) is 10.5. The molecule has 120 valence electrons. The van der Waals surface area contributed by atoms with Crippen molar-refractivity contribution in [3.8, 4) is 28.7 Å². The number of sulfone groups is 1. The molecule has 1 heterocycles. The Morgan fingerprint density at radius 3 is 2.09 bits per heavy atom. The fourth-order valence-electron chi connectivity index (χ4n) is 1.78. The maximum atomic E-state index is 11.7. The molecule has 0 atom stereocenters. The van der Waals surface area contributed by atoms with Crippen molar-refractivity contribution in [1.29, 1.82) is 0 Å². The van der Waals surface area contributed by atoms with Gasteiger partial charge in [-0.1, -0.05) is 12.0 Å². The summed E-state index contributed by atoms with van der Waals surface area (Å²) in [6, 6.07) is 3.19.